The summed E-state index contributed by atoms with van der Waals surface area (Å²) in [4.78, 5) is 23.2. The lowest BCUT2D eigenvalue weighted by Crippen LogP contribution is -2.29. The van der Waals surface area contributed by atoms with Gasteiger partial charge in [-0.3, -0.25) is 4.79 Å². The molecule has 0 aromatic heterocycles. The summed E-state index contributed by atoms with van der Waals surface area (Å²) in [5.41, 5.74) is 2.65. The fraction of sp³-hybridized carbons (Fsp3) is 0.125. The van der Waals surface area contributed by atoms with Gasteiger partial charge in [0.1, 0.15) is 0 Å². The van der Waals surface area contributed by atoms with Crippen LogP contribution in [0.4, 0.5) is 0 Å². The Morgan fingerprint density at radius 1 is 1.05 bits per heavy atom. The Morgan fingerprint density at radius 2 is 1.60 bits per heavy atom. The maximum atomic E-state index is 11.3. The molecule has 2 aromatic carbocycles. The van der Waals surface area contributed by atoms with Gasteiger partial charge in [0.15, 0.2) is 6.04 Å². The number of rotatable bonds is 5. The molecule has 4 heteroatoms. The van der Waals surface area contributed by atoms with Crippen LogP contribution in [0.25, 0.3) is 11.1 Å². The molecule has 0 radical (unpaired) electrons. The Labute approximate surface area is 117 Å². The summed E-state index contributed by atoms with van der Waals surface area (Å²) in [5.74, 6) is -1.05. The van der Waals surface area contributed by atoms with Crippen LogP contribution < -0.4 is 0 Å². The second kappa shape index (κ2) is 6.02. The highest BCUT2D eigenvalue weighted by molar-refractivity contribution is 5.78. The Balaban J connectivity index is 2.31. The molecule has 0 fully saturated rings. The molecule has 20 heavy (non-hydrogen) atoms. The lowest BCUT2D eigenvalue weighted by molar-refractivity contribution is -0.145. The van der Waals surface area contributed by atoms with Gasteiger partial charge in [-0.05, 0) is 16.7 Å². The minimum absolute atomic E-state index is 0.518. The number of carboxylic acids is 1. The van der Waals surface area contributed by atoms with Crippen LogP contribution in [0, 0.1) is 0 Å². The molecule has 1 atom stereocenters. The van der Waals surface area contributed by atoms with Crippen molar-refractivity contribution in [2.75, 3.05) is 7.05 Å². The lowest BCUT2D eigenvalue weighted by Gasteiger charge is -2.20. The van der Waals surface area contributed by atoms with Crippen LogP contribution in [-0.2, 0) is 9.59 Å². The average molecular weight is 269 g/mol. The van der Waals surface area contributed by atoms with Gasteiger partial charge in [-0.25, -0.2) is 4.79 Å². The molecule has 0 saturated carbocycles. The Kier molecular flexibility index (Phi) is 4.15. The summed E-state index contributed by atoms with van der Waals surface area (Å²) >= 11 is 0. The Hall–Kier alpha value is -2.62. The molecule has 0 aliphatic carbocycles. The predicted octanol–water partition coefficient (Wildman–Crippen LogP) is 2.57. The Bertz CT molecular complexity index is 593. The van der Waals surface area contributed by atoms with Crippen molar-refractivity contribution < 1.29 is 14.7 Å². The van der Waals surface area contributed by atoms with Gasteiger partial charge in [0.2, 0.25) is 6.41 Å². The first-order valence-electron chi connectivity index (χ1n) is 6.19. The summed E-state index contributed by atoms with van der Waals surface area (Å²) in [5, 5.41) is 9.21. The molecule has 0 aliphatic heterocycles. The van der Waals surface area contributed by atoms with Crippen LogP contribution in [0.2, 0.25) is 0 Å². The number of carboxylic acid groups (broad SMARTS) is 1. The number of carbonyl (C=O) groups excluding carboxylic acids is 1. The van der Waals surface area contributed by atoms with E-state index in [0.717, 1.165) is 16.0 Å². The van der Waals surface area contributed by atoms with Crippen LogP contribution in [0.5, 0.6) is 0 Å². The van der Waals surface area contributed by atoms with Crippen molar-refractivity contribution in [1.29, 1.82) is 0 Å². The largest absolute Gasteiger partial charge is 0.479 e. The van der Waals surface area contributed by atoms with Gasteiger partial charge >= 0.3 is 5.97 Å². The number of hydrogen-bond donors (Lipinski definition) is 1. The maximum Gasteiger partial charge on any atom is 0.331 e. The molecule has 2 aromatic rings. The first-order chi connectivity index (χ1) is 9.63. The zero-order chi connectivity index (χ0) is 14.5. The number of aliphatic carboxylic acids is 1. The van der Waals surface area contributed by atoms with Gasteiger partial charge < -0.3 is 10.0 Å². The van der Waals surface area contributed by atoms with Crippen molar-refractivity contribution in [3.8, 4) is 11.1 Å². The molecular weight excluding hydrogens is 254 g/mol. The van der Waals surface area contributed by atoms with E-state index in [0.29, 0.717) is 12.0 Å². The van der Waals surface area contributed by atoms with Gasteiger partial charge in [-0.2, -0.15) is 0 Å². The fourth-order valence-corrected chi connectivity index (χ4v) is 2.10. The first kappa shape index (κ1) is 13.8. The molecule has 0 bridgehead atoms. The molecule has 2 rings (SSSR count). The number of nitrogens with zero attached hydrogens (tertiary/aromatic N) is 1. The molecule has 0 heterocycles. The summed E-state index contributed by atoms with van der Waals surface area (Å²) in [6.07, 6.45) is 0.518. The molecule has 1 unspecified atom stereocenters. The molecule has 0 spiro atoms. The van der Waals surface area contributed by atoms with Crippen LogP contribution in [0.3, 0.4) is 0 Å². The number of hydrogen-bond acceptors (Lipinski definition) is 2. The zero-order valence-corrected chi connectivity index (χ0v) is 11.1. The third-order valence-electron chi connectivity index (χ3n) is 3.14. The quantitative estimate of drug-likeness (QED) is 0.849. The van der Waals surface area contributed by atoms with Crippen molar-refractivity contribution in [3.63, 3.8) is 0 Å². The van der Waals surface area contributed by atoms with E-state index in [2.05, 4.69) is 0 Å². The maximum absolute atomic E-state index is 11.3. The second-order valence-corrected chi connectivity index (χ2v) is 4.50. The topological polar surface area (TPSA) is 57.6 Å². The summed E-state index contributed by atoms with van der Waals surface area (Å²) in [7, 11) is 1.46. The van der Waals surface area contributed by atoms with Crippen LogP contribution in [-0.4, -0.2) is 29.4 Å². The van der Waals surface area contributed by atoms with Gasteiger partial charge in [-0.1, -0.05) is 54.6 Å². The number of amides is 1. The minimum Gasteiger partial charge on any atom is -0.479 e. The molecule has 102 valence electrons. The SMILES string of the molecule is CN(C=O)C(C(=O)O)c1ccc(-c2ccccc2)cc1. The van der Waals surface area contributed by atoms with Crippen molar-refractivity contribution in [3.05, 3.63) is 60.2 Å². The van der Waals surface area contributed by atoms with E-state index in [-0.39, 0.29) is 0 Å². The van der Waals surface area contributed by atoms with E-state index >= 15 is 0 Å². The minimum atomic E-state index is -1.05. The van der Waals surface area contributed by atoms with E-state index in [4.69, 9.17) is 0 Å². The molecule has 1 N–H and O–H groups in total. The highest BCUT2D eigenvalue weighted by atomic mass is 16.4. The molecular formula is C16H15NO3. The van der Waals surface area contributed by atoms with E-state index in [1.807, 2.05) is 42.5 Å². The van der Waals surface area contributed by atoms with E-state index < -0.39 is 12.0 Å². The average Bonchev–Trinajstić information content (AvgIpc) is 2.48. The number of likely N-dealkylation sites (N-methyl/N-ethyl adjacent to an activating group) is 1. The van der Waals surface area contributed by atoms with E-state index in [1.165, 1.54) is 7.05 Å². The summed E-state index contributed by atoms with van der Waals surface area (Å²) in [6, 6.07) is 16.0. The monoisotopic (exact) mass is 269 g/mol. The van der Waals surface area contributed by atoms with E-state index in [9.17, 15) is 14.7 Å². The molecule has 0 aliphatic rings. The summed E-state index contributed by atoms with van der Waals surface area (Å²) < 4.78 is 0. The third kappa shape index (κ3) is 2.85. The standard InChI is InChI=1S/C16H15NO3/c1-17(11-18)15(16(19)20)14-9-7-13(8-10-14)12-5-3-2-4-6-12/h2-11,15H,1H3,(H,19,20). The molecule has 0 saturated heterocycles. The first-order valence-corrected chi connectivity index (χ1v) is 6.19. The van der Waals surface area contributed by atoms with Crippen LogP contribution in [0.15, 0.2) is 54.6 Å². The van der Waals surface area contributed by atoms with E-state index in [1.54, 1.807) is 12.1 Å². The normalized spacial score (nSPS) is 11.7. The predicted molar refractivity (Wildman–Crippen MR) is 76.1 cm³/mol. The van der Waals surface area contributed by atoms with Crippen molar-refractivity contribution >= 4 is 12.4 Å². The highest BCUT2D eigenvalue weighted by Gasteiger charge is 2.23. The van der Waals surface area contributed by atoms with Gasteiger partial charge in [-0.15, -0.1) is 0 Å². The van der Waals surface area contributed by atoms with Crippen molar-refractivity contribution in [2.24, 2.45) is 0 Å². The smallest absolute Gasteiger partial charge is 0.331 e. The summed E-state index contributed by atoms with van der Waals surface area (Å²) in [6.45, 7) is 0. The lowest BCUT2D eigenvalue weighted by atomic mass is 10.0. The number of carbonyl (C=O) groups is 2. The molecule has 4 nitrogen and oxygen atoms in total. The zero-order valence-electron chi connectivity index (χ0n) is 11.1. The van der Waals surface area contributed by atoms with Crippen LogP contribution in [0.1, 0.15) is 11.6 Å². The molecule has 1 amide bonds. The second-order valence-electron chi connectivity index (χ2n) is 4.50. The fourth-order valence-electron chi connectivity index (χ4n) is 2.10. The van der Waals surface area contributed by atoms with Gasteiger partial charge in [0, 0.05) is 7.05 Å². The third-order valence-corrected chi connectivity index (χ3v) is 3.14. The number of benzene rings is 2. The van der Waals surface area contributed by atoms with Crippen molar-refractivity contribution in [1.82, 2.24) is 4.90 Å². The van der Waals surface area contributed by atoms with Crippen molar-refractivity contribution in [2.45, 2.75) is 6.04 Å². The highest BCUT2D eigenvalue weighted by Crippen LogP contribution is 2.24. The van der Waals surface area contributed by atoms with Gasteiger partial charge in [0.25, 0.3) is 0 Å². The van der Waals surface area contributed by atoms with Gasteiger partial charge in [0.05, 0.1) is 0 Å². The Morgan fingerprint density at radius 3 is 2.10 bits per heavy atom. The van der Waals surface area contributed by atoms with Crippen LogP contribution >= 0.6 is 0 Å².